The van der Waals surface area contributed by atoms with E-state index < -0.39 is 0 Å². The number of benzene rings is 1. The quantitative estimate of drug-likeness (QED) is 0.876. The van der Waals surface area contributed by atoms with E-state index in [0.29, 0.717) is 6.54 Å². The molecular formula is C16H20N2OS. The van der Waals surface area contributed by atoms with Crippen LogP contribution in [0.5, 0.6) is 0 Å². The summed E-state index contributed by atoms with van der Waals surface area (Å²) in [5.74, 6) is 0.0533. The minimum absolute atomic E-state index is 0.0533. The van der Waals surface area contributed by atoms with Gasteiger partial charge in [-0.2, -0.15) is 0 Å². The maximum absolute atomic E-state index is 12.5. The van der Waals surface area contributed by atoms with E-state index in [1.807, 2.05) is 42.8 Å². The fourth-order valence-electron chi connectivity index (χ4n) is 2.00. The Morgan fingerprint density at radius 3 is 2.75 bits per heavy atom. The van der Waals surface area contributed by atoms with Gasteiger partial charge in [-0.1, -0.05) is 25.1 Å². The van der Waals surface area contributed by atoms with Crippen LogP contribution in [0.25, 0.3) is 0 Å². The summed E-state index contributed by atoms with van der Waals surface area (Å²) in [6.45, 7) is 3.64. The standard InChI is InChI=1S/C16H20N2OS/c1-3-10-17-15-9-5-4-8-14(15)16(19)18(2)12-13-7-6-11-20-13/h4-9,11,17H,3,10,12H2,1-2H3. The number of nitrogens with one attached hydrogen (secondary N) is 1. The molecule has 0 saturated heterocycles. The molecule has 0 aliphatic heterocycles. The van der Waals surface area contributed by atoms with Gasteiger partial charge in [-0.3, -0.25) is 4.79 Å². The van der Waals surface area contributed by atoms with Gasteiger partial charge in [-0.25, -0.2) is 0 Å². The molecule has 0 unspecified atom stereocenters. The van der Waals surface area contributed by atoms with E-state index in [-0.39, 0.29) is 5.91 Å². The van der Waals surface area contributed by atoms with Crippen molar-refractivity contribution >= 4 is 22.9 Å². The zero-order valence-corrected chi connectivity index (χ0v) is 12.7. The lowest BCUT2D eigenvalue weighted by molar-refractivity contribution is 0.0787. The number of nitrogens with zero attached hydrogens (tertiary/aromatic N) is 1. The normalized spacial score (nSPS) is 10.3. The SMILES string of the molecule is CCCNc1ccccc1C(=O)N(C)Cc1cccs1. The zero-order chi connectivity index (χ0) is 14.4. The van der Waals surface area contributed by atoms with Gasteiger partial charge in [0.15, 0.2) is 0 Å². The molecular weight excluding hydrogens is 268 g/mol. The molecule has 1 heterocycles. The van der Waals surface area contributed by atoms with Crippen molar-refractivity contribution < 1.29 is 4.79 Å². The Balaban J connectivity index is 2.11. The fourth-order valence-corrected chi connectivity index (χ4v) is 2.75. The molecule has 106 valence electrons. The van der Waals surface area contributed by atoms with Crippen LogP contribution in [0.1, 0.15) is 28.6 Å². The minimum Gasteiger partial charge on any atom is -0.384 e. The Kier molecular flexibility index (Phi) is 5.18. The van der Waals surface area contributed by atoms with Crippen molar-refractivity contribution in [2.45, 2.75) is 19.9 Å². The molecule has 1 N–H and O–H groups in total. The Hall–Kier alpha value is -1.81. The van der Waals surface area contributed by atoms with Crippen molar-refractivity contribution in [3.8, 4) is 0 Å². The number of anilines is 1. The molecule has 0 fully saturated rings. The summed E-state index contributed by atoms with van der Waals surface area (Å²) in [5, 5.41) is 5.34. The highest BCUT2D eigenvalue weighted by molar-refractivity contribution is 7.09. The maximum Gasteiger partial charge on any atom is 0.256 e. The van der Waals surface area contributed by atoms with Crippen LogP contribution in [0.2, 0.25) is 0 Å². The molecule has 4 heteroatoms. The average molecular weight is 288 g/mol. The molecule has 0 saturated carbocycles. The number of hydrogen-bond acceptors (Lipinski definition) is 3. The topological polar surface area (TPSA) is 32.3 Å². The molecule has 2 aromatic rings. The first kappa shape index (κ1) is 14.6. The number of para-hydroxylation sites is 1. The Morgan fingerprint density at radius 2 is 2.05 bits per heavy atom. The number of hydrogen-bond donors (Lipinski definition) is 1. The molecule has 20 heavy (non-hydrogen) atoms. The summed E-state index contributed by atoms with van der Waals surface area (Å²) in [4.78, 5) is 15.5. The van der Waals surface area contributed by atoms with Crippen molar-refractivity contribution in [1.82, 2.24) is 4.90 Å². The second-order valence-electron chi connectivity index (χ2n) is 4.71. The third-order valence-electron chi connectivity index (χ3n) is 3.04. The van der Waals surface area contributed by atoms with Crippen LogP contribution in [0, 0.1) is 0 Å². The lowest BCUT2D eigenvalue weighted by atomic mass is 10.1. The van der Waals surface area contributed by atoms with Crippen molar-refractivity contribution in [2.75, 3.05) is 18.9 Å². The summed E-state index contributed by atoms with van der Waals surface area (Å²) in [7, 11) is 1.85. The first-order valence-electron chi connectivity index (χ1n) is 6.83. The number of carbonyl (C=O) groups excluding carboxylic acids is 1. The summed E-state index contributed by atoms with van der Waals surface area (Å²) < 4.78 is 0. The van der Waals surface area contributed by atoms with Gasteiger partial charge in [0.2, 0.25) is 0 Å². The smallest absolute Gasteiger partial charge is 0.256 e. The summed E-state index contributed by atoms with van der Waals surface area (Å²) in [5.41, 5.74) is 1.65. The molecule has 1 aromatic heterocycles. The first-order valence-corrected chi connectivity index (χ1v) is 7.71. The van der Waals surface area contributed by atoms with Crippen molar-refractivity contribution in [3.05, 3.63) is 52.2 Å². The minimum atomic E-state index is 0.0533. The number of thiophene rings is 1. The van der Waals surface area contributed by atoms with E-state index >= 15 is 0 Å². The molecule has 0 spiro atoms. The molecule has 1 aromatic carbocycles. The lowest BCUT2D eigenvalue weighted by Crippen LogP contribution is -2.26. The second kappa shape index (κ2) is 7.10. The maximum atomic E-state index is 12.5. The van der Waals surface area contributed by atoms with Gasteiger partial charge in [0.05, 0.1) is 12.1 Å². The molecule has 2 rings (SSSR count). The van der Waals surface area contributed by atoms with Gasteiger partial charge >= 0.3 is 0 Å². The van der Waals surface area contributed by atoms with Gasteiger partial charge in [0.1, 0.15) is 0 Å². The molecule has 0 atom stereocenters. The van der Waals surface area contributed by atoms with E-state index in [1.165, 1.54) is 4.88 Å². The van der Waals surface area contributed by atoms with Crippen LogP contribution in [0.15, 0.2) is 41.8 Å². The number of amides is 1. The van der Waals surface area contributed by atoms with Crippen LogP contribution in [-0.4, -0.2) is 24.4 Å². The third kappa shape index (κ3) is 3.61. The fraction of sp³-hybridized carbons (Fsp3) is 0.312. The van der Waals surface area contributed by atoms with E-state index in [9.17, 15) is 4.79 Å². The highest BCUT2D eigenvalue weighted by Gasteiger charge is 2.15. The van der Waals surface area contributed by atoms with E-state index in [2.05, 4.69) is 18.3 Å². The Labute approximate surface area is 124 Å². The summed E-state index contributed by atoms with van der Waals surface area (Å²) in [6.07, 6.45) is 1.04. The monoisotopic (exact) mass is 288 g/mol. The van der Waals surface area contributed by atoms with E-state index in [4.69, 9.17) is 0 Å². The molecule has 1 amide bonds. The third-order valence-corrected chi connectivity index (χ3v) is 3.90. The first-order chi connectivity index (χ1) is 9.72. The van der Waals surface area contributed by atoms with Crippen molar-refractivity contribution in [2.24, 2.45) is 0 Å². The molecule has 0 aliphatic rings. The predicted molar refractivity (Wildman–Crippen MR) is 85.3 cm³/mol. The lowest BCUT2D eigenvalue weighted by Gasteiger charge is -2.19. The molecule has 0 aliphatic carbocycles. The van der Waals surface area contributed by atoms with Crippen molar-refractivity contribution in [1.29, 1.82) is 0 Å². The molecule has 0 radical (unpaired) electrons. The van der Waals surface area contributed by atoms with Crippen LogP contribution in [-0.2, 0) is 6.54 Å². The Morgan fingerprint density at radius 1 is 1.25 bits per heavy atom. The number of carbonyl (C=O) groups is 1. The predicted octanol–water partition coefficient (Wildman–Crippen LogP) is 3.84. The van der Waals surface area contributed by atoms with E-state index in [1.54, 1.807) is 16.2 Å². The van der Waals surface area contributed by atoms with Crippen LogP contribution < -0.4 is 5.32 Å². The van der Waals surface area contributed by atoms with Gasteiger partial charge in [-0.05, 0) is 30.0 Å². The zero-order valence-electron chi connectivity index (χ0n) is 11.9. The molecule has 0 bridgehead atoms. The van der Waals surface area contributed by atoms with Gasteiger partial charge < -0.3 is 10.2 Å². The Bertz CT molecular complexity index is 551. The summed E-state index contributed by atoms with van der Waals surface area (Å²) >= 11 is 1.67. The van der Waals surface area contributed by atoms with Crippen LogP contribution in [0.4, 0.5) is 5.69 Å². The van der Waals surface area contributed by atoms with Gasteiger partial charge in [0, 0.05) is 24.2 Å². The van der Waals surface area contributed by atoms with Crippen LogP contribution >= 0.6 is 11.3 Å². The summed E-state index contributed by atoms with van der Waals surface area (Å²) in [6, 6.07) is 11.8. The van der Waals surface area contributed by atoms with Gasteiger partial charge in [-0.15, -0.1) is 11.3 Å². The second-order valence-corrected chi connectivity index (χ2v) is 5.75. The van der Waals surface area contributed by atoms with Gasteiger partial charge in [0.25, 0.3) is 5.91 Å². The highest BCUT2D eigenvalue weighted by atomic mass is 32.1. The average Bonchev–Trinajstić information content (AvgIpc) is 2.97. The van der Waals surface area contributed by atoms with Crippen LogP contribution in [0.3, 0.4) is 0 Å². The largest absolute Gasteiger partial charge is 0.384 e. The van der Waals surface area contributed by atoms with Crippen molar-refractivity contribution in [3.63, 3.8) is 0 Å². The highest BCUT2D eigenvalue weighted by Crippen LogP contribution is 2.19. The number of rotatable bonds is 6. The van der Waals surface area contributed by atoms with E-state index in [0.717, 1.165) is 24.2 Å². The molecule has 3 nitrogen and oxygen atoms in total.